The van der Waals surface area contributed by atoms with E-state index in [0.29, 0.717) is 22.3 Å². The van der Waals surface area contributed by atoms with Gasteiger partial charge in [-0.2, -0.15) is 0 Å². The number of carbonyl (C=O) groups excluding carboxylic acids is 6. The summed E-state index contributed by atoms with van der Waals surface area (Å²) in [5.41, 5.74) is 16.6. The lowest BCUT2D eigenvalue weighted by molar-refractivity contribution is -0.142. The van der Waals surface area contributed by atoms with E-state index in [9.17, 15) is 38.7 Å². The molecule has 0 bridgehead atoms. The highest BCUT2D eigenvalue weighted by atomic mass is 16.4. The van der Waals surface area contributed by atoms with Gasteiger partial charge in [-0.3, -0.25) is 28.8 Å². The average Bonchev–Trinajstić information content (AvgIpc) is 4.16. The van der Waals surface area contributed by atoms with E-state index in [0.717, 1.165) is 43.6 Å². The van der Waals surface area contributed by atoms with Crippen LogP contribution < -0.4 is 38.1 Å². The molecule has 8 aromatic rings. The number of aromatic nitrogens is 4. The number of hydrogen-bond acceptors (Lipinski definition) is 8. The third-order valence-corrected chi connectivity index (χ3v) is 12.2. The van der Waals surface area contributed by atoms with Crippen molar-refractivity contribution in [1.29, 1.82) is 0 Å². The fraction of sp³-hybridized carbons (Fsp3) is 0.220. The van der Waals surface area contributed by atoms with Crippen LogP contribution in [0.3, 0.4) is 0 Å². The third-order valence-electron chi connectivity index (χ3n) is 12.2. The zero-order valence-electron chi connectivity index (χ0n) is 37.1. The van der Waals surface area contributed by atoms with E-state index in [1.807, 2.05) is 97.1 Å². The molecule has 0 fully saturated rings. The van der Waals surface area contributed by atoms with Gasteiger partial charge in [-0.1, -0.05) is 72.8 Å². The number of hydrogen-bond donors (Lipinski definition) is 12. The molecule has 0 radical (unpaired) electrons. The van der Waals surface area contributed by atoms with Gasteiger partial charge in [0.25, 0.3) is 0 Å². The van der Waals surface area contributed by atoms with Gasteiger partial charge < -0.3 is 63.1 Å². The number of rotatable bonds is 21. The van der Waals surface area contributed by atoms with Crippen molar-refractivity contribution < 1.29 is 38.7 Å². The standard InChI is InChI=1S/C50H51N11O8/c51-22-45(63)57-42(21-44(52)62)49(67)60-40(18-28-24-54-36-14-6-2-10-32(28)36)47(65)58-39(17-27-23-53-35-13-5-1-9-31(27)35)46(64)59-41(19-29-25-55-37-15-7-3-11-33(29)37)48(66)61-43(50(68)69)20-30-26-56-38-16-8-4-12-34(30)38/h1-16,23-26,39-43,53-56H,17-22,51H2,(H2,52,62)(H,57,63)(H,58,65)(H,59,64)(H,60,67)(H,61,66)(H,68,69)/t39-,40-,41-,42-,43-/m0/s1. The van der Waals surface area contributed by atoms with Crippen molar-refractivity contribution in [1.82, 2.24) is 46.5 Å². The van der Waals surface area contributed by atoms with Crippen molar-refractivity contribution in [2.75, 3.05) is 6.54 Å². The van der Waals surface area contributed by atoms with Crippen molar-refractivity contribution in [2.45, 2.75) is 62.3 Å². The predicted molar refractivity (Wildman–Crippen MR) is 258 cm³/mol. The monoisotopic (exact) mass is 933 g/mol. The molecule has 0 saturated heterocycles. The minimum absolute atomic E-state index is 0.0716. The van der Waals surface area contributed by atoms with Gasteiger partial charge in [0.15, 0.2) is 0 Å². The Hall–Kier alpha value is -8.71. The van der Waals surface area contributed by atoms with Crippen LogP contribution in [0.1, 0.15) is 28.7 Å². The molecule has 0 spiro atoms. The first kappa shape index (κ1) is 46.8. The molecule has 4 aromatic carbocycles. The number of primary amides is 1. The highest BCUT2D eigenvalue weighted by Gasteiger charge is 2.34. The first-order chi connectivity index (χ1) is 33.3. The van der Waals surface area contributed by atoms with Crippen molar-refractivity contribution in [3.63, 3.8) is 0 Å². The van der Waals surface area contributed by atoms with Crippen molar-refractivity contribution in [2.24, 2.45) is 11.5 Å². The lowest BCUT2D eigenvalue weighted by atomic mass is 9.99. The number of carbonyl (C=O) groups is 7. The maximum atomic E-state index is 14.9. The molecule has 4 aromatic heterocycles. The Labute approximate surface area is 393 Å². The van der Waals surface area contributed by atoms with Gasteiger partial charge in [0.2, 0.25) is 35.4 Å². The van der Waals surface area contributed by atoms with E-state index in [2.05, 4.69) is 46.5 Å². The van der Waals surface area contributed by atoms with E-state index in [1.165, 1.54) is 0 Å². The van der Waals surface area contributed by atoms with Crippen LogP contribution in [-0.4, -0.2) is 103 Å². The Morgan fingerprint density at radius 2 is 0.725 bits per heavy atom. The Morgan fingerprint density at radius 3 is 1.03 bits per heavy atom. The molecular formula is C50H51N11O8. The van der Waals surface area contributed by atoms with E-state index in [4.69, 9.17) is 11.5 Å². The summed E-state index contributed by atoms with van der Waals surface area (Å²) in [5, 5.41) is 26.9. The lowest BCUT2D eigenvalue weighted by Crippen LogP contribution is -2.60. The quantitative estimate of drug-likeness (QED) is 0.0502. The summed E-state index contributed by atoms with van der Waals surface area (Å²) >= 11 is 0. The molecule has 5 atom stereocenters. The van der Waals surface area contributed by atoms with Crippen LogP contribution >= 0.6 is 0 Å². The first-order valence-electron chi connectivity index (χ1n) is 22.3. The molecule has 0 aliphatic carbocycles. The molecular weight excluding hydrogens is 883 g/mol. The normalized spacial score (nSPS) is 13.6. The van der Waals surface area contributed by atoms with Gasteiger partial charge >= 0.3 is 5.97 Å². The fourth-order valence-electron chi connectivity index (χ4n) is 8.66. The molecule has 8 rings (SSSR count). The second-order valence-electron chi connectivity index (χ2n) is 16.8. The average molecular weight is 934 g/mol. The van der Waals surface area contributed by atoms with Gasteiger partial charge in [-0.15, -0.1) is 0 Å². The molecule has 0 aliphatic rings. The zero-order chi connectivity index (χ0) is 48.6. The smallest absolute Gasteiger partial charge is 0.326 e. The SMILES string of the molecule is NCC(=O)N[C@@H](CC(N)=O)C(=O)N[C@@H](Cc1c[nH]c2ccccc12)C(=O)N[C@@H](Cc1c[nH]c2ccccc12)C(=O)N[C@@H](Cc1c[nH]c2ccccc12)C(=O)N[C@@H](Cc1c[nH]c2ccccc12)C(=O)O. The summed E-state index contributed by atoms with van der Waals surface area (Å²) in [7, 11) is 0. The number of carboxylic acids is 1. The van der Waals surface area contributed by atoms with Gasteiger partial charge in [0, 0.05) is 94.1 Å². The second kappa shape index (κ2) is 20.9. The van der Waals surface area contributed by atoms with Crippen LogP contribution in [0.25, 0.3) is 43.6 Å². The Morgan fingerprint density at radius 1 is 0.435 bits per heavy atom. The Kier molecular flexibility index (Phi) is 14.1. The predicted octanol–water partition coefficient (Wildman–Crippen LogP) is 2.23. The van der Waals surface area contributed by atoms with Crippen LogP contribution in [0.5, 0.6) is 0 Å². The Balaban J connectivity index is 1.12. The van der Waals surface area contributed by atoms with Crippen LogP contribution in [0.2, 0.25) is 0 Å². The lowest BCUT2D eigenvalue weighted by Gasteiger charge is -2.27. The molecule has 14 N–H and O–H groups in total. The summed E-state index contributed by atoms with van der Waals surface area (Å²) < 4.78 is 0. The second-order valence-corrected chi connectivity index (χ2v) is 16.8. The summed E-state index contributed by atoms with van der Waals surface area (Å²) in [4.78, 5) is 108. The van der Waals surface area contributed by atoms with Gasteiger partial charge in [0.05, 0.1) is 13.0 Å². The largest absolute Gasteiger partial charge is 0.480 e. The van der Waals surface area contributed by atoms with Crippen molar-refractivity contribution in [3.05, 3.63) is 144 Å². The van der Waals surface area contributed by atoms with Gasteiger partial charge in [-0.25, -0.2) is 4.79 Å². The minimum Gasteiger partial charge on any atom is -0.480 e. The number of fused-ring (bicyclic) bond motifs is 4. The van der Waals surface area contributed by atoms with Crippen molar-refractivity contribution >= 4 is 85.0 Å². The molecule has 4 heterocycles. The number of carboxylic acid groups (broad SMARTS) is 1. The van der Waals surface area contributed by atoms with Gasteiger partial charge in [-0.05, 0) is 46.5 Å². The topological polar surface area (TPSA) is 315 Å². The number of amides is 6. The number of benzene rings is 4. The van der Waals surface area contributed by atoms with Crippen LogP contribution in [0.15, 0.2) is 122 Å². The number of H-pyrrole nitrogens is 4. The molecule has 0 unspecified atom stereocenters. The highest BCUT2D eigenvalue weighted by Crippen LogP contribution is 2.24. The van der Waals surface area contributed by atoms with Crippen LogP contribution in [0.4, 0.5) is 0 Å². The third kappa shape index (κ3) is 11.0. The molecule has 354 valence electrons. The van der Waals surface area contributed by atoms with E-state index in [1.54, 1.807) is 24.8 Å². The number of aromatic amines is 4. The maximum absolute atomic E-state index is 14.9. The van der Waals surface area contributed by atoms with Crippen molar-refractivity contribution in [3.8, 4) is 0 Å². The minimum atomic E-state index is -1.49. The first-order valence-corrected chi connectivity index (χ1v) is 22.3. The molecule has 0 aliphatic heterocycles. The van der Waals surface area contributed by atoms with E-state index in [-0.39, 0.29) is 25.7 Å². The van der Waals surface area contributed by atoms with Gasteiger partial charge in [0.1, 0.15) is 30.2 Å². The molecule has 19 heteroatoms. The molecule has 19 nitrogen and oxygen atoms in total. The summed E-state index contributed by atoms with van der Waals surface area (Å²) in [6.45, 7) is -0.493. The molecule has 69 heavy (non-hydrogen) atoms. The van der Waals surface area contributed by atoms with E-state index < -0.39 is 84.6 Å². The number of nitrogens with one attached hydrogen (secondary N) is 9. The maximum Gasteiger partial charge on any atom is 0.326 e. The summed E-state index contributed by atoms with van der Waals surface area (Å²) in [5.74, 6) is -6.26. The van der Waals surface area contributed by atoms with E-state index >= 15 is 0 Å². The summed E-state index contributed by atoms with van der Waals surface area (Å²) in [6.07, 6.45) is 5.81. The number of para-hydroxylation sites is 4. The molecule has 0 saturated carbocycles. The Bertz CT molecular complexity index is 3200. The molecule has 6 amide bonds. The van der Waals surface area contributed by atoms with Crippen LogP contribution in [0, 0.1) is 0 Å². The zero-order valence-corrected chi connectivity index (χ0v) is 37.1. The summed E-state index contributed by atoms with van der Waals surface area (Å²) in [6, 6.07) is 22.3. The number of nitrogens with two attached hydrogens (primary N) is 2. The number of aliphatic carboxylic acids is 1. The fourth-order valence-corrected chi connectivity index (χ4v) is 8.66. The highest BCUT2D eigenvalue weighted by molar-refractivity contribution is 5.99. The van der Waals surface area contributed by atoms with Crippen LogP contribution in [-0.2, 0) is 59.2 Å².